The Kier molecular flexibility index (Phi) is 6.30. The number of benzene rings is 2. The van der Waals surface area contributed by atoms with Gasteiger partial charge in [-0.25, -0.2) is 9.37 Å². The average Bonchev–Trinajstić information content (AvgIpc) is 3.52. The monoisotopic (exact) mass is 466 g/mol. The van der Waals surface area contributed by atoms with Crippen molar-refractivity contribution in [3.63, 3.8) is 0 Å². The fraction of sp³-hybridized carbons (Fsp3) is 0.292. The number of amides is 1. The third-order valence-electron chi connectivity index (χ3n) is 5.63. The standard InChI is InChI=1S/C24H23FN4O3S/c25-18-7-3-16(4-8-18)5-10-22-26-24(28-27-22)33-15-23(30)29-11-1-2-19(29)17-6-9-20-21(14-17)32-13-12-31-20/h3-10,14,19H,1-2,11-13,15H2,(H,26,27,28). The number of aromatic nitrogens is 3. The van der Waals surface area contributed by atoms with E-state index in [0.29, 0.717) is 24.2 Å². The first kappa shape index (κ1) is 21.5. The van der Waals surface area contributed by atoms with Crippen molar-refractivity contribution in [2.45, 2.75) is 24.0 Å². The Morgan fingerprint density at radius 2 is 1.97 bits per heavy atom. The van der Waals surface area contributed by atoms with Crippen molar-refractivity contribution in [2.24, 2.45) is 0 Å². The van der Waals surface area contributed by atoms with Gasteiger partial charge in [-0.15, -0.1) is 5.10 Å². The van der Waals surface area contributed by atoms with Gasteiger partial charge in [0.05, 0.1) is 11.8 Å². The van der Waals surface area contributed by atoms with Gasteiger partial charge in [-0.05, 0) is 54.3 Å². The van der Waals surface area contributed by atoms with Crippen molar-refractivity contribution in [1.82, 2.24) is 20.1 Å². The number of carbonyl (C=O) groups is 1. The van der Waals surface area contributed by atoms with Crippen molar-refractivity contribution in [2.75, 3.05) is 25.5 Å². The molecule has 1 amide bonds. The van der Waals surface area contributed by atoms with Crippen molar-refractivity contribution >= 4 is 29.8 Å². The molecule has 1 fully saturated rings. The Labute approximate surface area is 195 Å². The number of hydrogen-bond acceptors (Lipinski definition) is 6. The van der Waals surface area contributed by atoms with Crippen LogP contribution in [0.5, 0.6) is 11.5 Å². The summed E-state index contributed by atoms with van der Waals surface area (Å²) in [7, 11) is 0. The molecule has 0 aliphatic carbocycles. The lowest BCUT2D eigenvalue weighted by Gasteiger charge is -2.26. The molecule has 9 heteroatoms. The number of thioether (sulfide) groups is 1. The van der Waals surface area contributed by atoms with Crippen LogP contribution in [0.25, 0.3) is 12.2 Å². The molecule has 5 rings (SSSR count). The van der Waals surface area contributed by atoms with E-state index in [1.807, 2.05) is 29.2 Å². The van der Waals surface area contributed by atoms with Gasteiger partial charge in [-0.3, -0.25) is 9.89 Å². The third-order valence-corrected chi connectivity index (χ3v) is 6.47. The summed E-state index contributed by atoms with van der Waals surface area (Å²) in [5, 5.41) is 7.54. The van der Waals surface area contributed by atoms with E-state index in [1.165, 1.54) is 23.9 Å². The van der Waals surface area contributed by atoms with Crippen molar-refractivity contribution < 1.29 is 18.7 Å². The maximum Gasteiger partial charge on any atom is 0.233 e. The van der Waals surface area contributed by atoms with Crippen LogP contribution in [0.4, 0.5) is 4.39 Å². The molecule has 2 aliphatic heterocycles. The van der Waals surface area contributed by atoms with Gasteiger partial charge in [0.25, 0.3) is 0 Å². The summed E-state index contributed by atoms with van der Waals surface area (Å²) in [5.74, 6) is 2.12. The quantitative estimate of drug-likeness (QED) is 0.545. The van der Waals surface area contributed by atoms with Gasteiger partial charge in [0.15, 0.2) is 11.5 Å². The molecule has 1 saturated heterocycles. The second-order valence-electron chi connectivity index (χ2n) is 7.83. The Morgan fingerprint density at radius 1 is 1.15 bits per heavy atom. The first-order valence-electron chi connectivity index (χ1n) is 10.8. The summed E-state index contributed by atoms with van der Waals surface area (Å²) in [6.45, 7) is 1.83. The minimum atomic E-state index is -0.274. The van der Waals surface area contributed by atoms with Crippen LogP contribution in [0.1, 0.15) is 35.8 Å². The van der Waals surface area contributed by atoms with Crippen LogP contribution in [0.2, 0.25) is 0 Å². The Morgan fingerprint density at radius 3 is 2.82 bits per heavy atom. The molecule has 0 bridgehead atoms. The van der Waals surface area contributed by atoms with Gasteiger partial charge in [0.2, 0.25) is 11.1 Å². The summed E-state index contributed by atoms with van der Waals surface area (Å²) in [6.07, 6.45) is 5.48. The summed E-state index contributed by atoms with van der Waals surface area (Å²) in [4.78, 5) is 19.3. The number of halogens is 1. The molecule has 33 heavy (non-hydrogen) atoms. The molecule has 3 heterocycles. The van der Waals surface area contributed by atoms with Crippen molar-refractivity contribution in [3.8, 4) is 11.5 Å². The summed E-state index contributed by atoms with van der Waals surface area (Å²) >= 11 is 1.31. The Balaban J connectivity index is 1.19. The van der Waals surface area contributed by atoms with E-state index in [1.54, 1.807) is 18.2 Å². The molecule has 2 aromatic carbocycles. The number of H-pyrrole nitrogens is 1. The first-order chi connectivity index (χ1) is 16.2. The van der Waals surface area contributed by atoms with Crippen LogP contribution < -0.4 is 9.47 Å². The summed E-state index contributed by atoms with van der Waals surface area (Å²) < 4.78 is 24.3. The van der Waals surface area contributed by atoms with E-state index in [4.69, 9.17) is 9.47 Å². The minimum Gasteiger partial charge on any atom is -0.486 e. The van der Waals surface area contributed by atoms with Gasteiger partial charge in [-0.1, -0.05) is 36.0 Å². The zero-order valence-electron chi connectivity index (χ0n) is 17.9. The maximum atomic E-state index is 13.0. The second-order valence-corrected chi connectivity index (χ2v) is 8.77. The largest absolute Gasteiger partial charge is 0.486 e. The van der Waals surface area contributed by atoms with Crippen LogP contribution in [0.15, 0.2) is 47.6 Å². The van der Waals surface area contributed by atoms with Gasteiger partial charge >= 0.3 is 0 Å². The number of likely N-dealkylation sites (tertiary alicyclic amines) is 1. The summed E-state index contributed by atoms with van der Waals surface area (Å²) in [6, 6.07) is 12.2. The van der Waals surface area contributed by atoms with Crippen LogP contribution in [0, 0.1) is 5.82 Å². The zero-order valence-corrected chi connectivity index (χ0v) is 18.7. The molecule has 0 spiro atoms. The predicted molar refractivity (Wildman–Crippen MR) is 124 cm³/mol. The number of ether oxygens (including phenoxy) is 2. The molecule has 3 aromatic rings. The predicted octanol–water partition coefficient (Wildman–Crippen LogP) is 4.34. The molecule has 2 aliphatic rings. The molecule has 7 nitrogen and oxygen atoms in total. The topological polar surface area (TPSA) is 80.3 Å². The molecular weight excluding hydrogens is 443 g/mol. The molecule has 170 valence electrons. The molecule has 1 N–H and O–H groups in total. The van der Waals surface area contributed by atoms with E-state index in [0.717, 1.165) is 42.0 Å². The van der Waals surface area contributed by atoms with Crippen molar-refractivity contribution in [1.29, 1.82) is 0 Å². The number of carbonyl (C=O) groups excluding carboxylic acids is 1. The van der Waals surface area contributed by atoms with E-state index < -0.39 is 0 Å². The highest BCUT2D eigenvalue weighted by Crippen LogP contribution is 2.38. The zero-order chi connectivity index (χ0) is 22.6. The van der Waals surface area contributed by atoms with E-state index in [9.17, 15) is 9.18 Å². The first-order valence-corrected chi connectivity index (χ1v) is 11.8. The number of fused-ring (bicyclic) bond motifs is 1. The van der Waals surface area contributed by atoms with Gasteiger partial charge in [0, 0.05) is 6.54 Å². The number of hydrogen-bond donors (Lipinski definition) is 1. The minimum absolute atomic E-state index is 0.0373. The highest BCUT2D eigenvalue weighted by Gasteiger charge is 2.31. The highest BCUT2D eigenvalue weighted by molar-refractivity contribution is 7.99. The molecule has 1 unspecified atom stereocenters. The van der Waals surface area contributed by atoms with Gasteiger partial charge in [-0.2, -0.15) is 0 Å². The maximum absolute atomic E-state index is 13.0. The van der Waals surface area contributed by atoms with Gasteiger partial charge in [0.1, 0.15) is 24.9 Å². The lowest BCUT2D eigenvalue weighted by molar-refractivity contribution is -0.129. The third kappa shape index (κ3) is 5.03. The number of rotatable bonds is 6. The number of nitrogens with zero attached hydrogens (tertiary/aromatic N) is 3. The SMILES string of the molecule is O=C(CSc1n[nH]c(C=Cc2ccc(F)cc2)n1)N1CCCC1c1ccc2c(c1)OCCO2. The van der Waals surface area contributed by atoms with Gasteiger partial charge < -0.3 is 14.4 Å². The molecular formula is C24H23FN4O3S. The van der Waals surface area contributed by atoms with Crippen LogP contribution in [-0.2, 0) is 4.79 Å². The van der Waals surface area contributed by atoms with Crippen molar-refractivity contribution in [3.05, 3.63) is 65.2 Å². The number of nitrogens with one attached hydrogen (secondary N) is 1. The molecule has 0 radical (unpaired) electrons. The van der Waals surface area contributed by atoms with Crippen LogP contribution in [0.3, 0.4) is 0 Å². The lowest BCUT2D eigenvalue weighted by Crippen LogP contribution is -2.32. The fourth-order valence-corrected chi connectivity index (χ4v) is 4.73. The lowest BCUT2D eigenvalue weighted by atomic mass is 10.0. The highest BCUT2D eigenvalue weighted by atomic mass is 32.2. The number of aromatic amines is 1. The van der Waals surface area contributed by atoms with E-state index in [-0.39, 0.29) is 23.5 Å². The molecule has 0 saturated carbocycles. The Bertz CT molecular complexity index is 1160. The smallest absolute Gasteiger partial charge is 0.233 e. The molecule has 1 aromatic heterocycles. The van der Waals surface area contributed by atoms with E-state index >= 15 is 0 Å². The fourth-order valence-electron chi connectivity index (χ4n) is 4.03. The average molecular weight is 467 g/mol. The Hall–Kier alpha value is -3.33. The normalized spacial score (nSPS) is 17.6. The molecule has 1 atom stereocenters. The second kappa shape index (κ2) is 9.66. The summed E-state index contributed by atoms with van der Waals surface area (Å²) in [5.41, 5.74) is 1.93. The van der Waals surface area contributed by atoms with E-state index in [2.05, 4.69) is 15.2 Å². The van der Waals surface area contributed by atoms with Crippen LogP contribution >= 0.6 is 11.8 Å². The van der Waals surface area contributed by atoms with Crippen LogP contribution in [-0.4, -0.2) is 51.5 Å².